The quantitative estimate of drug-likeness (QED) is 0.659. The Morgan fingerprint density at radius 3 is 2.24 bits per heavy atom. The van der Waals surface area contributed by atoms with E-state index in [1.54, 1.807) is 18.5 Å². The maximum Gasteiger partial charge on any atom is 0.490 e. The molecule has 0 aliphatic carbocycles. The minimum absolute atomic E-state index is 0.159. The minimum Gasteiger partial charge on any atom is -0.475 e. The van der Waals surface area contributed by atoms with Crippen molar-refractivity contribution in [3.63, 3.8) is 0 Å². The van der Waals surface area contributed by atoms with Gasteiger partial charge in [0.1, 0.15) is 0 Å². The van der Waals surface area contributed by atoms with Crippen LogP contribution in [0.2, 0.25) is 0 Å². The Labute approximate surface area is 166 Å². The number of carbonyl (C=O) groups excluding carboxylic acids is 1. The monoisotopic (exact) mass is 412 g/mol. The molecule has 0 bridgehead atoms. The summed E-state index contributed by atoms with van der Waals surface area (Å²) in [6.07, 6.45) is -0.800. The number of nitrogens with one attached hydrogen (secondary N) is 2. The average molecular weight is 412 g/mol. The molecule has 1 aromatic heterocycles. The lowest BCUT2D eigenvalue weighted by Crippen LogP contribution is -2.21. The number of aliphatic carboxylic acids is 1. The Kier molecular flexibility index (Phi) is 9.04. The number of alkyl halides is 3. The first kappa shape index (κ1) is 23.9. The smallest absolute Gasteiger partial charge is 0.475 e. The molecule has 0 atom stereocenters. The fourth-order valence-electron chi connectivity index (χ4n) is 1.95. The van der Waals surface area contributed by atoms with Crippen LogP contribution >= 0.6 is 0 Å². The van der Waals surface area contributed by atoms with Gasteiger partial charge >= 0.3 is 12.1 Å². The molecule has 2 rings (SSSR count). The van der Waals surface area contributed by atoms with E-state index in [0.29, 0.717) is 23.1 Å². The molecule has 0 radical (unpaired) electrons. The zero-order valence-electron chi connectivity index (χ0n) is 16.2. The van der Waals surface area contributed by atoms with Crippen molar-refractivity contribution < 1.29 is 27.9 Å². The zero-order valence-corrected chi connectivity index (χ0v) is 16.2. The zero-order chi connectivity index (χ0) is 22.0. The molecule has 0 aliphatic heterocycles. The standard InChI is InChI=1S/C17H22N4O.C2HF3O2/c1-12(2)7-8-18-17-19-10-15(11-20-17)21-16(22)14-6-4-5-13(3)9-14;3-2(4,5)1(6)7/h4-6,9-12H,7-8H2,1-3H3,(H,21,22)(H,18,19,20);(H,6,7). The van der Waals surface area contributed by atoms with E-state index in [4.69, 9.17) is 9.90 Å². The Hall–Kier alpha value is -3.17. The number of hydrogen-bond donors (Lipinski definition) is 3. The number of anilines is 2. The molecule has 1 amide bonds. The van der Waals surface area contributed by atoms with E-state index in [1.165, 1.54) is 0 Å². The van der Waals surface area contributed by atoms with Crippen LogP contribution in [0.25, 0.3) is 0 Å². The molecule has 1 heterocycles. The van der Waals surface area contributed by atoms with Crippen LogP contribution in [0.4, 0.5) is 24.8 Å². The van der Waals surface area contributed by atoms with Gasteiger partial charge in [-0.1, -0.05) is 31.5 Å². The van der Waals surface area contributed by atoms with Gasteiger partial charge in [0.05, 0.1) is 18.1 Å². The Morgan fingerprint density at radius 2 is 1.76 bits per heavy atom. The molecule has 3 N–H and O–H groups in total. The fraction of sp³-hybridized carbons (Fsp3) is 0.368. The van der Waals surface area contributed by atoms with Gasteiger partial charge in [-0.3, -0.25) is 4.79 Å². The summed E-state index contributed by atoms with van der Waals surface area (Å²) in [4.78, 5) is 29.4. The molecule has 2 aromatic rings. The highest BCUT2D eigenvalue weighted by Gasteiger charge is 2.38. The molecule has 0 saturated heterocycles. The SMILES string of the molecule is Cc1cccc(C(=O)Nc2cnc(NCCC(C)C)nc2)c1.O=C(O)C(F)(F)F. The van der Waals surface area contributed by atoms with E-state index in [1.807, 2.05) is 25.1 Å². The van der Waals surface area contributed by atoms with Crippen LogP contribution in [-0.2, 0) is 4.79 Å². The van der Waals surface area contributed by atoms with Crippen LogP contribution in [0.3, 0.4) is 0 Å². The summed E-state index contributed by atoms with van der Waals surface area (Å²) in [5.41, 5.74) is 2.26. The average Bonchev–Trinajstić information content (AvgIpc) is 2.62. The van der Waals surface area contributed by atoms with Crippen molar-refractivity contribution in [2.75, 3.05) is 17.2 Å². The van der Waals surface area contributed by atoms with E-state index >= 15 is 0 Å². The number of carbonyl (C=O) groups is 2. The number of nitrogens with zero attached hydrogens (tertiary/aromatic N) is 2. The summed E-state index contributed by atoms with van der Waals surface area (Å²) >= 11 is 0. The van der Waals surface area contributed by atoms with Crippen LogP contribution < -0.4 is 10.6 Å². The minimum atomic E-state index is -5.08. The van der Waals surface area contributed by atoms with Gasteiger partial charge in [-0.25, -0.2) is 14.8 Å². The maximum absolute atomic E-state index is 12.1. The normalized spacial score (nSPS) is 10.7. The second-order valence-corrected chi connectivity index (χ2v) is 6.53. The summed E-state index contributed by atoms with van der Waals surface area (Å²) in [7, 11) is 0. The number of amides is 1. The van der Waals surface area contributed by atoms with Gasteiger partial charge in [-0.2, -0.15) is 13.2 Å². The van der Waals surface area contributed by atoms with Crippen molar-refractivity contribution in [2.24, 2.45) is 5.92 Å². The highest BCUT2D eigenvalue weighted by atomic mass is 19.4. The summed E-state index contributed by atoms with van der Waals surface area (Å²) in [6, 6.07) is 7.45. The number of aromatic nitrogens is 2. The number of halogens is 3. The predicted octanol–water partition coefficient (Wildman–Crippen LogP) is 4.13. The van der Waals surface area contributed by atoms with Crippen LogP contribution in [0.15, 0.2) is 36.7 Å². The fourth-order valence-corrected chi connectivity index (χ4v) is 1.95. The molecule has 0 spiro atoms. The van der Waals surface area contributed by atoms with Gasteiger partial charge in [0.2, 0.25) is 5.95 Å². The molecule has 0 aliphatic rings. The summed E-state index contributed by atoms with van der Waals surface area (Å²) in [5.74, 6) is -1.70. The first-order valence-corrected chi connectivity index (χ1v) is 8.73. The summed E-state index contributed by atoms with van der Waals surface area (Å²) in [6.45, 7) is 7.14. The van der Waals surface area contributed by atoms with Gasteiger partial charge in [-0.15, -0.1) is 0 Å². The van der Waals surface area contributed by atoms with E-state index < -0.39 is 12.1 Å². The third kappa shape index (κ3) is 9.54. The second kappa shape index (κ2) is 11.0. The molecular formula is C19H23F3N4O3. The molecule has 29 heavy (non-hydrogen) atoms. The first-order chi connectivity index (χ1) is 13.5. The van der Waals surface area contributed by atoms with Gasteiger partial charge in [-0.05, 0) is 31.4 Å². The van der Waals surface area contributed by atoms with E-state index in [-0.39, 0.29) is 5.91 Å². The highest BCUT2D eigenvalue weighted by Crippen LogP contribution is 2.13. The van der Waals surface area contributed by atoms with Gasteiger partial charge < -0.3 is 15.7 Å². The van der Waals surface area contributed by atoms with Gasteiger partial charge in [0, 0.05) is 12.1 Å². The van der Waals surface area contributed by atoms with Crippen LogP contribution in [0.1, 0.15) is 36.2 Å². The summed E-state index contributed by atoms with van der Waals surface area (Å²) in [5, 5.41) is 13.1. The molecule has 0 fully saturated rings. The van der Waals surface area contributed by atoms with Crippen molar-refractivity contribution in [3.05, 3.63) is 47.8 Å². The topological polar surface area (TPSA) is 104 Å². The van der Waals surface area contributed by atoms with Crippen molar-refractivity contribution in [1.29, 1.82) is 0 Å². The van der Waals surface area contributed by atoms with Crippen LogP contribution in [-0.4, -0.2) is 39.7 Å². The van der Waals surface area contributed by atoms with Crippen LogP contribution in [0.5, 0.6) is 0 Å². The molecule has 10 heteroatoms. The second-order valence-electron chi connectivity index (χ2n) is 6.53. The van der Waals surface area contributed by atoms with Crippen molar-refractivity contribution in [1.82, 2.24) is 9.97 Å². The molecule has 158 valence electrons. The lowest BCUT2D eigenvalue weighted by Gasteiger charge is -2.08. The number of carboxylic acids is 1. The van der Waals surface area contributed by atoms with Crippen molar-refractivity contribution in [3.8, 4) is 0 Å². The van der Waals surface area contributed by atoms with E-state index in [9.17, 15) is 18.0 Å². The third-order valence-electron chi connectivity index (χ3n) is 3.44. The van der Waals surface area contributed by atoms with Gasteiger partial charge in [0.25, 0.3) is 5.91 Å². The van der Waals surface area contributed by atoms with E-state index in [2.05, 4.69) is 34.4 Å². The van der Waals surface area contributed by atoms with Crippen LogP contribution in [0, 0.1) is 12.8 Å². The third-order valence-corrected chi connectivity index (χ3v) is 3.44. The van der Waals surface area contributed by atoms with Gasteiger partial charge in [0.15, 0.2) is 0 Å². The lowest BCUT2D eigenvalue weighted by molar-refractivity contribution is -0.192. The predicted molar refractivity (Wildman–Crippen MR) is 103 cm³/mol. The number of rotatable bonds is 6. The summed E-state index contributed by atoms with van der Waals surface area (Å²) < 4.78 is 31.7. The number of carboxylic acid groups (broad SMARTS) is 1. The van der Waals surface area contributed by atoms with Crippen molar-refractivity contribution >= 4 is 23.5 Å². The number of hydrogen-bond acceptors (Lipinski definition) is 5. The number of aryl methyl sites for hydroxylation is 1. The molecule has 7 nitrogen and oxygen atoms in total. The molecule has 0 unspecified atom stereocenters. The lowest BCUT2D eigenvalue weighted by atomic mass is 10.1. The Bertz CT molecular complexity index is 809. The van der Waals surface area contributed by atoms with Crippen molar-refractivity contribution in [2.45, 2.75) is 33.4 Å². The highest BCUT2D eigenvalue weighted by molar-refractivity contribution is 6.04. The Morgan fingerprint density at radius 1 is 1.17 bits per heavy atom. The Balaban J connectivity index is 0.000000516. The molecular weight excluding hydrogens is 389 g/mol. The van der Waals surface area contributed by atoms with E-state index in [0.717, 1.165) is 18.5 Å². The largest absolute Gasteiger partial charge is 0.490 e. The molecule has 0 saturated carbocycles. The number of benzene rings is 1. The maximum atomic E-state index is 12.1. The first-order valence-electron chi connectivity index (χ1n) is 8.73. The molecule has 1 aromatic carbocycles.